The lowest BCUT2D eigenvalue weighted by Crippen LogP contribution is -2.36. The van der Waals surface area contributed by atoms with Gasteiger partial charge in [-0.15, -0.1) is 0 Å². The zero-order valence-corrected chi connectivity index (χ0v) is 19.4. The van der Waals surface area contributed by atoms with Gasteiger partial charge in [0.15, 0.2) is 0 Å². The number of aromatic nitrogens is 1. The second kappa shape index (κ2) is 9.25. The molecular weight excluding hydrogens is 439 g/mol. The van der Waals surface area contributed by atoms with E-state index in [0.29, 0.717) is 24.4 Å². The molecule has 0 saturated carbocycles. The molecule has 9 heteroatoms. The number of hydrogen-bond acceptors (Lipinski definition) is 2. The number of rotatable bonds is 8. The summed E-state index contributed by atoms with van der Waals surface area (Å²) in [6.45, 7) is 5.06. The smallest absolute Gasteiger partial charge is 0.347 e. The zero-order chi connectivity index (χ0) is 23.7. The SMILES string of the molecule is CC(C)Cn1cc(CCNS(=O)(=O)N(C)C)c2ccc(-c3ccccc3C(F)(F)F)cc21. The molecule has 3 rings (SSSR count). The normalized spacial score (nSPS) is 12.9. The van der Waals surface area contributed by atoms with Crippen LogP contribution < -0.4 is 4.72 Å². The molecule has 1 N–H and O–H groups in total. The van der Waals surface area contributed by atoms with Gasteiger partial charge in [-0.1, -0.05) is 44.2 Å². The van der Waals surface area contributed by atoms with Crippen molar-refractivity contribution in [1.82, 2.24) is 13.6 Å². The van der Waals surface area contributed by atoms with Crippen LogP contribution in [0.2, 0.25) is 0 Å². The Kier molecular flexibility index (Phi) is 7.02. The predicted octanol–water partition coefficient (Wildman–Crippen LogP) is 4.92. The van der Waals surface area contributed by atoms with E-state index in [4.69, 9.17) is 0 Å². The highest BCUT2D eigenvalue weighted by Crippen LogP contribution is 2.38. The zero-order valence-electron chi connectivity index (χ0n) is 18.6. The Hall–Kier alpha value is -2.36. The van der Waals surface area contributed by atoms with Crippen LogP contribution in [0, 0.1) is 5.92 Å². The number of nitrogens with zero attached hydrogens (tertiary/aromatic N) is 2. The van der Waals surface area contributed by atoms with E-state index in [1.54, 1.807) is 18.2 Å². The van der Waals surface area contributed by atoms with Crippen LogP contribution in [0.25, 0.3) is 22.0 Å². The summed E-state index contributed by atoms with van der Waals surface area (Å²) in [6.07, 6.45) is -2.01. The molecule has 0 saturated heterocycles. The van der Waals surface area contributed by atoms with Crippen molar-refractivity contribution < 1.29 is 21.6 Å². The van der Waals surface area contributed by atoms with E-state index in [2.05, 4.69) is 18.6 Å². The average Bonchev–Trinajstić information content (AvgIpc) is 3.03. The summed E-state index contributed by atoms with van der Waals surface area (Å²) < 4.78 is 70.2. The Balaban J connectivity index is 2.02. The summed E-state index contributed by atoms with van der Waals surface area (Å²) in [5.41, 5.74) is 1.74. The van der Waals surface area contributed by atoms with Crippen molar-refractivity contribution >= 4 is 21.1 Å². The molecule has 0 atom stereocenters. The minimum atomic E-state index is -4.44. The first-order chi connectivity index (χ1) is 14.9. The Morgan fingerprint density at radius 2 is 1.78 bits per heavy atom. The van der Waals surface area contributed by atoms with E-state index in [9.17, 15) is 21.6 Å². The quantitative estimate of drug-likeness (QED) is 0.511. The maximum absolute atomic E-state index is 13.5. The van der Waals surface area contributed by atoms with E-state index < -0.39 is 21.9 Å². The molecule has 0 radical (unpaired) electrons. The monoisotopic (exact) mass is 467 g/mol. The van der Waals surface area contributed by atoms with Gasteiger partial charge in [0.05, 0.1) is 5.56 Å². The van der Waals surface area contributed by atoms with Gasteiger partial charge in [-0.25, -0.2) is 4.72 Å². The minimum absolute atomic E-state index is 0.138. The molecule has 174 valence electrons. The van der Waals surface area contributed by atoms with E-state index in [-0.39, 0.29) is 12.1 Å². The molecule has 0 spiro atoms. The summed E-state index contributed by atoms with van der Waals surface area (Å²) in [6, 6.07) is 10.9. The molecule has 0 aliphatic carbocycles. The van der Waals surface area contributed by atoms with Crippen LogP contribution >= 0.6 is 0 Å². The maximum atomic E-state index is 13.5. The summed E-state index contributed by atoms with van der Waals surface area (Å²) >= 11 is 0. The first-order valence-electron chi connectivity index (χ1n) is 10.4. The Morgan fingerprint density at radius 1 is 1.09 bits per heavy atom. The van der Waals surface area contributed by atoms with Crippen LogP contribution in [-0.2, 0) is 29.4 Å². The summed E-state index contributed by atoms with van der Waals surface area (Å²) in [5.74, 6) is 0.330. The average molecular weight is 468 g/mol. The van der Waals surface area contributed by atoms with Gasteiger partial charge in [0.2, 0.25) is 0 Å². The van der Waals surface area contributed by atoms with Crippen LogP contribution in [0.5, 0.6) is 0 Å². The van der Waals surface area contributed by atoms with Crippen molar-refractivity contribution in [2.24, 2.45) is 5.92 Å². The first-order valence-corrected chi connectivity index (χ1v) is 11.8. The van der Waals surface area contributed by atoms with Gasteiger partial charge in [0, 0.05) is 44.3 Å². The van der Waals surface area contributed by atoms with Gasteiger partial charge >= 0.3 is 6.18 Å². The highest BCUT2D eigenvalue weighted by atomic mass is 32.2. The number of fused-ring (bicyclic) bond motifs is 1. The van der Waals surface area contributed by atoms with Crippen LogP contribution in [-0.4, -0.2) is 37.9 Å². The molecule has 32 heavy (non-hydrogen) atoms. The maximum Gasteiger partial charge on any atom is 0.417 e. The topological polar surface area (TPSA) is 54.3 Å². The van der Waals surface area contributed by atoms with E-state index in [1.165, 1.54) is 26.2 Å². The van der Waals surface area contributed by atoms with Crippen molar-refractivity contribution in [2.75, 3.05) is 20.6 Å². The van der Waals surface area contributed by atoms with Gasteiger partial charge in [-0.3, -0.25) is 0 Å². The van der Waals surface area contributed by atoms with E-state index in [0.717, 1.165) is 26.8 Å². The molecule has 3 aromatic rings. The molecule has 0 fully saturated rings. The number of nitrogens with one attached hydrogen (secondary N) is 1. The van der Waals surface area contributed by atoms with Gasteiger partial charge in [0.25, 0.3) is 10.2 Å². The van der Waals surface area contributed by atoms with Crippen molar-refractivity contribution in [3.63, 3.8) is 0 Å². The number of benzene rings is 2. The second-order valence-corrected chi connectivity index (χ2v) is 10.4. The molecule has 0 bridgehead atoms. The molecule has 0 aliphatic heterocycles. The molecular formula is C23H28F3N3O2S. The van der Waals surface area contributed by atoms with Crippen molar-refractivity contribution in [3.05, 3.63) is 59.8 Å². The highest BCUT2D eigenvalue weighted by Gasteiger charge is 2.33. The van der Waals surface area contributed by atoms with Crippen LogP contribution in [0.1, 0.15) is 25.0 Å². The Morgan fingerprint density at radius 3 is 2.41 bits per heavy atom. The van der Waals surface area contributed by atoms with Crippen molar-refractivity contribution in [2.45, 2.75) is 33.0 Å². The third-order valence-corrected chi connectivity index (χ3v) is 6.76. The van der Waals surface area contributed by atoms with Crippen LogP contribution in [0.4, 0.5) is 13.2 Å². The van der Waals surface area contributed by atoms with E-state index in [1.807, 2.05) is 16.8 Å². The fourth-order valence-electron chi connectivity index (χ4n) is 3.71. The lowest BCUT2D eigenvalue weighted by Gasteiger charge is -2.14. The summed E-state index contributed by atoms with van der Waals surface area (Å²) in [4.78, 5) is 0. The number of hydrogen-bond donors (Lipinski definition) is 1. The number of halogens is 3. The van der Waals surface area contributed by atoms with Crippen molar-refractivity contribution in [1.29, 1.82) is 0 Å². The lowest BCUT2D eigenvalue weighted by molar-refractivity contribution is -0.137. The summed E-state index contributed by atoms with van der Waals surface area (Å²) in [5, 5.41) is 0.906. The third-order valence-electron chi connectivity index (χ3n) is 5.23. The fourth-order valence-corrected chi connectivity index (χ4v) is 4.32. The van der Waals surface area contributed by atoms with Crippen LogP contribution in [0.15, 0.2) is 48.7 Å². The largest absolute Gasteiger partial charge is 0.417 e. The molecule has 5 nitrogen and oxygen atoms in total. The lowest BCUT2D eigenvalue weighted by atomic mass is 9.97. The highest BCUT2D eigenvalue weighted by molar-refractivity contribution is 7.87. The molecule has 1 aromatic heterocycles. The van der Waals surface area contributed by atoms with Crippen LogP contribution in [0.3, 0.4) is 0 Å². The Labute approximate surface area is 187 Å². The van der Waals surface area contributed by atoms with Gasteiger partial charge < -0.3 is 4.57 Å². The summed E-state index contributed by atoms with van der Waals surface area (Å²) in [7, 11) is -0.614. The van der Waals surface area contributed by atoms with Gasteiger partial charge in [-0.05, 0) is 41.2 Å². The standard InChI is InChI=1S/C23H28F3N3O2S/c1-16(2)14-29-15-18(11-12-27-32(30,31)28(3)4)20-10-9-17(13-22(20)29)19-7-5-6-8-21(19)23(24,25)26/h5-10,13,15-16,27H,11-12,14H2,1-4H3. The molecule has 0 unspecified atom stereocenters. The van der Waals surface area contributed by atoms with Gasteiger partial charge in [0.1, 0.15) is 0 Å². The molecule has 1 heterocycles. The number of alkyl halides is 3. The predicted molar refractivity (Wildman–Crippen MR) is 122 cm³/mol. The third kappa shape index (κ3) is 5.33. The molecule has 0 amide bonds. The fraction of sp³-hybridized carbons (Fsp3) is 0.391. The van der Waals surface area contributed by atoms with Gasteiger partial charge in [-0.2, -0.15) is 25.9 Å². The Bertz CT molecular complexity index is 1200. The second-order valence-electron chi connectivity index (χ2n) is 8.41. The molecule has 2 aromatic carbocycles. The van der Waals surface area contributed by atoms with Crippen molar-refractivity contribution in [3.8, 4) is 11.1 Å². The minimum Gasteiger partial charge on any atom is -0.347 e. The molecule has 0 aliphatic rings. The van der Waals surface area contributed by atoms with E-state index >= 15 is 0 Å². The first kappa shape index (κ1) is 24.3.